The maximum absolute atomic E-state index is 12.9. The Morgan fingerprint density at radius 2 is 1.80 bits per heavy atom. The molecule has 0 aliphatic rings. The number of hydrogen-bond donors (Lipinski definition) is 1. The summed E-state index contributed by atoms with van der Waals surface area (Å²) in [5.74, 6) is -0.338. The van der Waals surface area contributed by atoms with Crippen molar-refractivity contribution in [3.05, 3.63) is 82.3 Å². The molecule has 9 heteroatoms. The number of nitrogens with zero attached hydrogens (tertiary/aromatic N) is 1. The molecule has 180 valence electrons. The average Bonchev–Trinajstić information content (AvgIpc) is 3.10. The molecule has 1 aromatic heterocycles. The lowest BCUT2D eigenvalue weighted by Crippen LogP contribution is -2.16. The van der Waals surface area contributed by atoms with Gasteiger partial charge in [0.15, 0.2) is 0 Å². The van der Waals surface area contributed by atoms with Gasteiger partial charge in [0, 0.05) is 4.88 Å². The molecule has 1 amide bonds. The second-order valence-electron chi connectivity index (χ2n) is 7.42. The first-order chi connectivity index (χ1) is 16.7. The van der Waals surface area contributed by atoms with Crippen molar-refractivity contribution in [1.82, 2.24) is 0 Å². The number of nitrogens with one attached hydrogen (secondary N) is 1. The van der Waals surface area contributed by atoms with Gasteiger partial charge in [0.1, 0.15) is 29.0 Å². The fourth-order valence-electron chi connectivity index (χ4n) is 3.18. The molecule has 1 heterocycles. The lowest BCUT2D eigenvalue weighted by molar-refractivity contribution is -0.112. The number of thiophene rings is 1. The van der Waals surface area contributed by atoms with E-state index >= 15 is 0 Å². The van der Waals surface area contributed by atoms with E-state index in [2.05, 4.69) is 50.5 Å². The molecule has 0 fully saturated rings. The van der Waals surface area contributed by atoms with Gasteiger partial charge in [-0.25, -0.2) is 4.79 Å². The summed E-state index contributed by atoms with van der Waals surface area (Å²) >= 11 is 5.64. The number of esters is 1. The predicted octanol–water partition coefficient (Wildman–Crippen LogP) is 6.88. The monoisotopic (exact) mass is 712 g/mol. The minimum Gasteiger partial charge on any atom is -0.487 e. The maximum Gasteiger partial charge on any atom is 0.341 e. The maximum atomic E-state index is 12.9. The minimum atomic E-state index is -0.589. The molecule has 0 bridgehead atoms. The van der Waals surface area contributed by atoms with Gasteiger partial charge < -0.3 is 14.8 Å². The van der Waals surface area contributed by atoms with Crippen LogP contribution < -0.4 is 10.1 Å². The second kappa shape index (κ2) is 12.5. The summed E-state index contributed by atoms with van der Waals surface area (Å²) in [5, 5.41) is 12.8. The zero-order chi connectivity index (χ0) is 25.5. The summed E-state index contributed by atoms with van der Waals surface area (Å²) in [7, 11) is 0. The molecule has 0 aliphatic heterocycles. The molecule has 1 N–H and O–H groups in total. The molecule has 0 atom stereocenters. The van der Waals surface area contributed by atoms with Crippen molar-refractivity contribution >= 4 is 79.5 Å². The third-order valence-electron chi connectivity index (χ3n) is 5.01. The predicted molar refractivity (Wildman–Crippen MR) is 155 cm³/mol. The van der Waals surface area contributed by atoms with E-state index in [1.165, 1.54) is 17.4 Å². The number of ether oxygens (including phenoxy) is 2. The van der Waals surface area contributed by atoms with Gasteiger partial charge in [-0.05, 0) is 101 Å². The molecule has 2 aromatic carbocycles. The van der Waals surface area contributed by atoms with Crippen LogP contribution in [-0.4, -0.2) is 18.5 Å². The topological polar surface area (TPSA) is 88.4 Å². The standard InChI is InChI=1S/C26H22I2N2O4S/c1-4-33-26(32)22-15(2)16(3)35-25(22)30-24(31)19(13-29)10-18-11-20(27)23(21(28)12-18)34-14-17-8-6-5-7-9-17/h5-12H,4,14H2,1-3H3,(H,30,31)/b19-10+. The van der Waals surface area contributed by atoms with Crippen molar-refractivity contribution in [2.45, 2.75) is 27.4 Å². The largest absolute Gasteiger partial charge is 0.487 e. The SMILES string of the molecule is CCOC(=O)c1c(NC(=O)/C(C#N)=C/c2cc(I)c(OCc3ccccc3)c(I)c2)sc(C)c1C. The third-order valence-corrected chi connectivity index (χ3v) is 7.74. The number of carbonyl (C=O) groups is 2. The van der Waals surface area contributed by atoms with E-state index in [-0.39, 0.29) is 12.2 Å². The highest BCUT2D eigenvalue weighted by atomic mass is 127. The van der Waals surface area contributed by atoms with Crippen LogP contribution in [0.15, 0.2) is 48.0 Å². The first-order valence-electron chi connectivity index (χ1n) is 10.6. The van der Waals surface area contributed by atoms with Crippen molar-refractivity contribution < 1.29 is 19.1 Å². The fraction of sp³-hybridized carbons (Fsp3) is 0.192. The number of hydrogen-bond acceptors (Lipinski definition) is 6. The third kappa shape index (κ3) is 6.83. The van der Waals surface area contributed by atoms with E-state index in [4.69, 9.17) is 9.47 Å². The Morgan fingerprint density at radius 3 is 2.40 bits per heavy atom. The summed E-state index contributed by atoms with van der Waals surface area (Å²) in [5.41, 5.74) is 2.76. The molecule has 0 unspecified atom stereocenters. The number of benzene rings is 2. The number of halogens is 2. The van der Waals surface area contributed by atoms with Gasteiger partial charge in [-0.3, -0.25) is 4.79 Å². The lowest BCUT2D eigenvalue weighted by Gasteiger charge is -2.12. The van der Waals surface area contributed by atoms with Crippen LogP contribution in [0.3, 0.4) is 0 Å². The van der Waals surface area contributed by atoms with E-state index in [1.54, 1.807) is 13.8 Å². The van der Waals surface area contributed by atoms with E-state index in [0.29, 0.717) is 22.7 Å². The molecular formula is C26H22I2N2O4S. The summed E-state index contributed by atoms with van der Waals surface area (Å²) in [6.45, 7) is 6.06. The molecule has 0 aliphatic carbocycles. The highest BCUT2D eigenvalue weighted by Gasteiger charge is 2.23. The van der Waals surface area contributed by atoms with E-state index in [0.717, 1.165) is 28.9 Å². The summed E-state index contributed by atoms with van der Waals surface area (Å²) in [6, 6.07) is 15.6. The van der Waals surface area contributed by atoms with Crippen LogP contribution in [0.2, 0.25) is 0 Å². The zero-order valence-corrected chi connectivity index (χ0v) is 24.4. The van der Waals surface area contributed by atoms with Gasteiger partial charge in [-0.1, -0.05) is 30.3 Å². The van der Waals surface area contributed by atoms with E-state index in [9.17, 15) is 14.9 Å². The Kier molecular flexibility index (Phi) is 9.71. The molecule has 6 nitrogen and oxygen atoms in total. The number of aryl methyl sites for hydroxylation is 1. The molecule has 3 rings (SSSR count). The number of rotatable bonds is 8. The van der Waals surface area contributed by atoms with Gasteiger partial charge in [0.2, 0.25) is 0 Å². The quantitative estimate of drug-likeness (QED) is 0.119. The number of anilines is 1. The average molecular weight is 712 g/mol. The Labute approximate surface area is 235 Å². The van der Waals surface area contributed by atoms with Crippen LogP contribution >= 0.6 is 56.5 Å². The Balaban J connectivity index is 1.82. The molecule has 3 aromatic rings. The highest BCUT2D eigenvalue weighted by molar-refractivity contribution is 14.1. The highest BCUT2D eigenvalue weighted by Crippen LogP contribution is 2.34. The molecule has 0 saturated carbocycles. The zero-order valence-electron chi connectivity index (χ0n) is 19.3. The lowest BCUT2D eigenvalue weighted by atomic mass is 10.1. The van der Waals surface area contributed by atoms with Crippen LogP contribution in [0.25, 0.3) is 6.08 Å². The van der Waals surface area contributed by atoms with Gasteiger partial charge in [0.05, 0.1) is 19.3 Å². The van der Waals surface area contributed by atoms with Gasteiger partial charge in [0.25, 0.3) is 5.91 Å². The van der Waals surface area contributed by atoms with Gasteiger partial charge >= 0.3 is 5.97 Å². The van der Waals surface area contributed by atoms with Crippen molar-refractivity contribution in [3.63, 3.8) is 0 Å². The van der Waals surface area contributed by atoms with Crippen LogP contribution in [0.1, 0.15) is 38.8 Å². The minimum absolute atomic E-state index is 0.0759. The summed E-state index contributed by atoms with van der Waals surface area (Å²) in [6.07, 6.45) is 1.53. The Bertz CT molecular complexity index is 1300. The fourth-order valence-corrected chi connectivity index (χ4v) is 6.35. The van der Waals surface area contributed by atoms with Crippen LogP contribution in [0.5, 0.6) is 5.75 Å². The molecule has 0 spiro atoms. The van der Waals surface area contributed by atoms with Gasteiger partial charge in [-0.15, -0.1) is 11.3 Å². The number of amides is 1. The molecule has 0 radical (unpaired) electrons. The summed E-state index contributed by atoms with van der Waals surface area (Å²) in [4.78, 5) is 26.2. The van der Waals surface area contributed by atoms with Crippen molar-refractivity contribution in [3.8, 4) is 11.8 Å². The van der Waals surface area contributed by atoms with Crippen molar-refractivity contribution in [1.29, 1.82) is 5.26 Å². The van der Waals surface area contributed by atoms with Gasteiger partial charge in [-0.2, -0.15) is 5.26 Å². The van der Waals surface area contributed by atoms with Crippen LogP contribution in [0.4, 0.5) is 5.00 Å². The molecular weight excluding hydrogens is 690 g/mol. The van der Waals surface area contributed by atoms with E-state index < -0.39 is 11.9 Å². The Hall–Kier alpha value is -2.43. The first kappa shape index (κ1) is 27.2. The second-order valence-corrected chi connectivity index (χ2v) is 11.0. The number of carbonyl (C=O) groups excluding carboxylic acids is 2. The van der Waals surface area contributed by atoms with Crippen molar-refractivity contribution in [2.75, 3.05) is 11.9 Å². The smallest absolute Gasteiger partial charge is 0.341 e. The molecule has 0 saturated heterocycles. The van der Waals surface area contributed by atoms with Crippen LogP contribution in [-0.2, 0) is 16.1 Å². The summed E-state index contributed by atoms with van der Waals surface area (Å²) < 4.78 is 12.9. The van der Waals surface area contributed by atoms with Crippen LogP contribution in [0, 0.1) is 32.3 Å². The Morgan fingerprint density at radius 1 is 1.14 bits per heavy atom. The van der Waals surface area contributed by atoms with E-state index in [1.807, 2.05) is 55.5 Å². The molecule has 35 heavy (non-hydrogen) atoms. The number of nitriles is 1. The first-order valence-corrected chi connectivity index (χ1v) is 13.6. The normalized spacial score (nSPS) is 11.0. The van der Waals surface area contributed by atoms with Crippen molar-refractivity contribution in [2.24, 2.45) is 0 Å².